The molecule has 0 unspecified atom stereocenters. The molecule has 6 amide bonds. The topological polar surface area (TPSA) is 180 Å². The fourth-order valence-corrected chi connectivity index (χ4v) is 9.68. The smallest absolute Gasteiger partial charge is 0.407 e. The second kappa shape index (κ2) is 19.7. The van der Waals surface area contributed by atoms with Crippen LogP contribution in [0.4, 0.5) is 21.0 Å². The monoisotopic (exact) mass is 869 g/mol. The van der Waals surface area contributed by atoms with Gasteiger partial charge in [0, 0.05) is 41.8 Å². The third-order valence-corrected chi connectivity index (χ3v) is 12.9. The van der Waals surface area contributed by atoms with E-state index in [-0.39, 0.29) is 23.6 Å². The number of carbonyl (C=O) groups is 6. The van der Waals surface area contributed by atoms with E-state index in [1.165, 1.54) is 20.6 Å². The van der Waals surface area contributed by atoms with Crippen LogP contribution >= 0.6 is 0 Å². The lowest BCUT2D eigenvalue weighted by Gasteiger charge is -2.28. The van der Waals surface area contributed by atoms with Gasteiger partial charge < -0.3 is 45.1 Å². The van der Waals surface area contributed by atoms with Gasteiger partial charge in [0.1, 0.15) is 24.2 Å². The summed E-state index contributed by atoms with van der Waals surface area (Å²) < 4.78 is 11.9. The molecule has 4 N–H and O–H groups in total. The lowest BCUT2D eigenvalue weighted by atomic mass is 9.89. The third-order valence-electron chi connectivity index (χ3n) is 12.9. The highest BCUT2D eigenvalue weighted by Crippen LogP contribution is 2.36. The molecule has 3 aliphatic rings. The maximum atomic E-state index is 14.1. The first kappa shape index (κ1) is 43.7. The first-order chi connectivity index (χ1) is 31.1. The number of aromatic nitrogens is 1. The molecule has 3 fully saturated rings. The number of fused-ring (bicyclic) bond motifs is 3. The number of carbonyl (C=O) groups excluding carboxylic acids is 6. The molecule has 8 rings (SSSR count). The van der Waals surface area contributed by atoms with Gasteiger partial charge in [0.25, 0.3) is 11.8 Å². The number of ether oxygens (including phenoxy) is 2. The number of likely N-dealkylation sites (tertiary alicyclic amines) is 2. The van der Waals surface area contributed by atoms with Crippen molar-refractivity contribution in [2.45, 2.75) is 88.5 Å². The van der Waals surface area contributed by atoms with Crippen molar-refractivity contribution in [1.29, 1.82) is 0 Å². The molecule has 1 aromatic heterocycles. The second-order valence-corrected chi connectivity index (χ2v) is 16.9. The summed E-state index contributed by atoms with van der Waals surface area (Å²) in [7, 11) is 2.48. The van der Waals surface area contributed by atoms with E-state index in [4.69, 9.17) is 9.47 Å². The highest BCUT2D eigenvalue weighted by Gasteiger charge is 2.40. The molecular weight excluding hydrogens is 815 g/mol. The molecule has 3 heterocycles. The molecule has 2 saturated heterocycles. The van der Waals surface area contributed by atoms with Gasteiger partial charge in [0.2, 0.25) is 11.8 Å². The van der Waals surface area contributed by atoms with Crippen molar-refractivity contribution in [1.82, 2.24) is 25.0 Å². The summed E-state index contributed by atoms with van der Waals surface area (Å²) in [4.78, 5) is 83.9. The van der Waals surface area contributed by atoms with Gasteiger partial charge in [-0.3, -0.25) is 19.2 Å². The molecule has 4 aromatic carbocycles. The Bertz CT molecular complexity index is 2360. The predicted molar refractivity (Wildman–Crippen MR) is 242 cm³/mol. The Morgan fingerprint density at radius 2 is 1.00 bits per heavy atom. The summed E-state index contributed by atoms with van der Waals surface area (Å²) in [6.07, 6.45) is 6.48. The largest absolute Gasteiger partial charge is 0.453 e. The van der Waals surface area contributed by atoms with E-state index in [1.54, 1.807) is 58.3 Å². The number of alkyl carbamates (subject to hydrolysis) is 2. The molecule has 334 valence electrons. The Morgan fingerprint density at radius 1 is 0.562 bits per heavy atom. The first-order valence-corrected chi connectivity index (χ1v) is 22.2. The van der Waals surface area contributed by atoms with Crippen LogP contribution in [0.1, 0.15) is 81.0 Å². The Labute approximate surface area is 371 Å². The molecule has 15 heteroatoms. The quantitative estimate of drug-likeness (QED) is 0.1000. The van der Waals surface area contributed by atoms with Gasteiger partial charge in [-0.2, -0.15) is 0 Å². The summed E-state index contributed by atoms with van der Waals surface area (Å²) in [5.74, 6) is -0.956. The molecule has 4 atom stereocenters. The highest BCUT2D eigenvalue weighted by molar-refractivity contribution is 6.11. The standard InChI is InChI=1S/C49H55N7O8/c1-63-48(61)52-42(32-16-8-4-9-17-32)46(59)54-26-12-20-38(54)44(57)50-34-22-24-36-37-25-23-35(29-41(37)56(40(36)28-34)30-31-14-6-3-7-15-31)51-45(58)39-21-13-27-55(39)47(60)43(53-49(62)64-2)33-18-10-5-11-19-33/h4-5,8-11,16-19,22-25,28-29,31,38-39,42-43H,3,6-7,12-15,20-21,26-27,30H2,1-2H3,(H,50,57)(H,51,58)(H,52,61)(H,53,62)/t38-,39-,42+,43+/m0/s1. The Kier molecular flexibility index (Phi) is 13.4. The van der Waals surface area contributed by atoms with Crippen LogP contribution in [0.5, 0.6) is 0 Å². The molecule has 0 spiro atoms. The highest BCUT2D eigenvalue weighted by atomic mass is 16.5. The molecule has 0 radical (unpaired) electrons. The van der Waals surface area contributed by atoms with Crippen molar-refractivity contribution >= 4 is 69.0 Å². The Balaban J connectivity index is 1.04. The summed E-state index contributed by atoms with van der Waals surface area (Å²) >= 11 is 0. The summed E-state index contributed by atoms with van der Waals surface area (Å²) in [5.41, 5.74) is 4.22. The van der Waals surface area contributed by atoms with Gasteiger partial charge in [-0.1, -0.05) is 92.1 Å². The molecule has 0 bridgehead atoms. The average molecular weight is 870 g/mol. The van der Waals surface area contributed by atoms with Gasteiger partial charge in [-0.25, -0.2) is 9.59 Å². The van der Waals surface area contributed by atoms with E-state index >= 15 is 0 Å². The van der Waals surface area contributed by atoms with E-state index in [0.717, 1.165) is 54.0 Å². The number of anilines is 2. The summed E-state index contributed by atoms with van der Waals surface area (Å²) in [6, 6.07) is 26.0. The van der Waals surface area contributed by atoms with Crippen molar-refractivity contribution in [2.75, 3.05) is 37.9 Å². The van der Waals surface area contributed by atoms with Crippen LogP contribution in [0.15, 0.2) is 97.1 Å². The second-order valence-electron chi connectivity index (χ2n) is 16.9. The molecule has 5 aromatic rings. The maximum Gasteiger partial charge on any atom is 0.407 e. The zero-order chi connectivity index (χ0) is 44.7. The fraction of sp³-hybridized carbons (Fsp3) is 0.388. The van der Waals surface area contributed by atoms with E-state index in [1.807, 2.05) is 48.5 Å². The lowest BCUT2D eigenvalue weighted by Crippen LogP contribution is -2.48. The number of hydrogen-bond donors (Lipinski definition) is 4. The zero-order valence-corrected chi connectivity index (χ0v) is 36.2. The number of rotatable bonds is 12. The number of nitrogens with one attached hydrogen (secondary N) is 4. The van der Waals surface area contributed by atoms with Crippen molar-refractivity contribution in [3.63, 3.8) is 0 Å². The number of methoxy groups -OCH3 is 2. The van der Waals surface area contributed by atoms with Gasteiger partial charge in [-0.05, 0) is 79.8 Å². The SMILES string of the molecule is COC(=O)N[C@@H](C(=O)N1CCC[C@H]1C(=O)Nc1ccc2c3ccc(NC(=O)[C@@H]4CCCN4C(=O)[C@H](NC(=O)OC)c4ccccc4)cc3n(CC3CCCCC3)c2c1)c1ccccc1. The number of nitrogens with zero attached hydrogens (tertiary/aromatic N) is 3. The first-order valence-electron chi connectivity index (χ1n) is 22.2. The van der Waals surface area contributed by atoms with Gasteiger partial charge in [0.15, 0.2) is 0 Å². The molecule has 1 aliphatic carbocycles. The van der Waals surface area contributed by atoms with Gasteiger partial charge >= 0.3 is 12.2 Å². The van der Waals surface area contributed by atoms with Crippen LogP contribution in [0.2, 0.25) is 0 Å². The Morgan fingerprint density at radius 3 is 1.42 bits per heavy atom. The van der Waals surface area contributed by atoms with Crippen molar-refractivity contribution in [2.24, 2.45) is 5.92 Å². The van der Waals surface area contributed by atoms with Crippen LogP contribution in [0.3, 0.4) is 0 Å². The number of amides is 6. The minimum Gasteiger partial charge on any atom is -0.453 e. The minimum absolute atomic E-state index is 0.314. The van der Waals surface area contributed by atoms with Gasteiger partial charge in [-0.15, -0.1) is 0 Å². The van der Waals surface area contributed by atoms with Crippen molar-refractivity contribution in [3.05, 3.63) is 108 Å². The van der Waals surface area contributed by atoms with Crippen molar-refractivity contribution in [3.8, 4) is 0 Å². The predicted octanol–water partition coefficient (Wildman–Crippen LogP) is 7.43. The molecule has 1 saturated carbocycles. The third kappa shape index (κ3) is 9.38. The van der Waals surface area contributed by atoms with Crippen LogP contribution in [0, 0.1) is 5.92 Å². The van der Waals surface area contributed by atoms with E-state index in [2.05, 4.69) is 25.8 Å². The normalized spacial score (nSPS) is 18.6. The molecular formula is C49H55N7O8. The van der Waals surface area contributed by atoms with E-state index < -0.39 is 36.4 Å². The minimum atomic E-state index is -1.02. The van der Waals surface area contributed by atoms with Crippen LogP contribution in [-0.4, -0.2) is 89.6 Å². The molecule has 64 heavy (non-hydrogen) atoms. The Hall–Kier alpha value is -6.90. The zero-order valence-electron chi connectivity index (χ0n) is 36.2. The van der Waals surface area contributed by atoms with Crippen LogP contribution in [-0.2, 0) is 35.2 Å². The van der Waals surface area contributed by atoms with Gasteiger partial charge in [0.05, 0.1) is 25.3 Å². The maximum absolute atomic E-state index is 14.1. The summed E-state index contributed by atoms with van der Waals surface area (Å²) in [5, 5.41) is 13.5. The molecule has 2 aliphatic heterocycles. The van der Waals surface area contributed by atoms with Crippen LogP contribution < -0.4 is 21.3 Å². The van der Waals surface area contributed by atoms with E-state index in [0.29, 0.717) is 67.2 Å². The van der Waals surface area contributed by atoms with Crippen LogP contribution in [0.25, 0.3) is 21.8 Å². The average Bonchev–Trinajstić information content (AvgIpc) is 4.09. The molecule has 15 nitrogen and oxygen atoms in total. The fourth-order valence-electron chi connectivity index (χ4n) is 9.68. The number of hydrogen-bond acceptors (Lipinski definition) is 8. The van der Waals surface area contributed by atoms with Crippen molar-refractivity contribution < 1.29 is 38.2 Å². The summed E-state index contributed by atoms with van der Waals surface area (Å²) in [6.45, 7) is 1.49. The number of benzene rings is 4. The lowest BCUT2D eigenvalue weighted by molar-refractivity contribution is -0.138. The van der Waals surface area contributed by atoms with E-state index in [9.17, 15) is 28.8 Å².